The largest absolute Gasteiger partial charge is 0.326 e. The number of hydrogen-bond donors (Lipinski definition) is 2. The Morgan fingerprint density at radius 2 is 1.87 bits per heavy atom. The van der Waals surface area contributed by atoms with Crippen molar-refractivity contribution in [3.8, 4) is 11.1 Å². The number of carbonyl (C=O) groups is 2. The van der Waals surface area contributed by atoms with Gasteiger partial charge in [0.2, 0.25) is 5.91 Å². The Hall–Kier alpha value is -2.90. The highest BCUT2D eigenvalue weighted by atomic mass is 35.5. The maximum absolute atomic E-state index is 13.3. The number of rotatable bonds is 5. The quantitative estimate of drug-likeness (QED) is 0.573. The second kappa shape index (κ2) is 8.08. The lowest BCUT2D eigenvalue weighted by Gasteiger charge is -2.10. The summed E-state index contributed by atoms with van der Waals surface area (Å²) in [5.41, 5.74) is 2.67. The van der Waals surface area contributed by atoms with Gasteiger partial charge in [-0.1, -0.05) is 42.3 Å². The Bertz CT molecular complexity index is 1120. The van der Waals surface area contributed by atoms with Crippen molar-refractivity contribution in [3.05, 3.63) is 64.0 Å². The number of amides is 2. The van der Waals surface area contributed by atoms with Crippen LogP contribution in [-0.2, 0) is 16.0 Å². The fraction of sp³-hybridized carbons (Fsp3) is 0.190. The van der Waals surface area contributed by atoms with E-state index >= 15 is 0 Å². The van der Waals surface area contributed by atoms with Crippen molar-refractivity contribution in [1.82, 2.24) is 9.78 Å². The van der Waals surface area contributed by atoms with Crippen LogP contribution in [0.15, 0.2) is 42.5 Å². The molecule has 1 unspecified atom stereocenters. The first kappa shape index (κ1) is 20.4. The van der Waals surface area contributed by atoms with E-state index in [4.69, 9.17) is 23.2 Å². The number of nitrogens with zero attached hydrogens (tertiary/aromatic N) is 2. The van der Waals surface area contributed by atoms with Gasteiger partial charge in [0.15, 0.2) is 0 Å². The molecule has 4 rings (SSSR count). The monoisotopic (exact) mass is 446 g/mol. The van der Waals surface area contributed by atoms with Crippen LogP contribution in [-0.4, -0.2) is 21.6 Å². The smallest absolute Gasteiger partial charge is 0.251 e. The number of nitrogens with one attached hydrogen (secondary N) is 2. The summed E-state index contributed by atoms with van der Waals surface area (Å²) in [5, 5.41) is 10.8. The minimum atomic E-state index is -0.797. The zero-order chi connectivity index (χ0) is 21.4. The number of halogens is 3. The van der Waals surface area contributed by atoms with Gasteiger partial charge in [-0.25, -0.2) is 9.07 Å². The molecule has 0 bridgehead atoms. The van der Waals surface area contributed by atoms with Gasteiger partial charge in [-0.15, -0.1) is 0 Å². The van der Waals surface area contributed by atoms with Crippen LogP contribution in [0.2, 0.25) is 10.0 Å². The van der Waals surface area contributed by atoms with E-state index < -0.39 is 6.04 Å². The van der Waals surface area contributed by atoms with E-state index in [9.17, 15) is 14.0 Å². The second-order valence-corrected chi connectivity index (χ2v) is 7.76. The minimum absolute atomic E-state index is 0.114. The van der Waals surface area contributed by atoms with E-state index in [0.29, 0.717) is 28.0 Å². The molecule has 1 atom stereocenters. The highest BCUT2D eigenvalue weighted by Crippen LogP contribution is 2.39. The topological polar surface area (TPSA) is 76.0 Å². The summed E-state index contributed by atoms with van der Waals surface area (Å²) in [4.78, 5) is 25.1. The molecule has 0 spiro atoms. The summed E-state index contributed by atoms with van der Waals surface area (Å²) in [6.45, 7) is 1.94. The number of anilines is 2. The normalized spacial score (nSPS) is 15.1. The standard InChI is InChI=1S/C21H17Cl2FN4O2/c1-2-16-19(11-3-5-14(24)6-4-11)20-26-21(30)17(28(20)27-16)10-18(29)25-15-8-12(22)7-13(23)9-15/h3-9,17H,2,10H2,1H3,(H,25,29)(H,26,30). The van der Waals surface area contributed by atoms with Gasteiger partial charge < -0.3 is 10.6 Å². The first-order valence-electron chi connectivity index (χ1n) is 9.30. The summed E-state index contributed by atoms with van der Waals surface area (Å²) in [6.07, 6.45) is 0.499. The predicted octanol–water partition coefficient (Wildman–Crippen LogP) is 5.08. The summed E-state index contributed by atoms with van der Waals surface area (Å²) in [5.74, 6) is -0.548. The van der Waals surface area contributed by atoms with Crippen molar-refractivity contribution in [3.63, 3.8) is 0 Å². The Labute approximate surface area is 182 Å². The average Bonchev–Trinajstić information content (AvgIpc) is 3.17. The van der Waals surface area contributed by atoms with Crippen LogP contribution in [0, 0.1) is 5.82 Å². The summed E-state index contributed by atoms with van der Waals surface area (Å²) in [6, 6.07) is 9.90. The number of benzene rings is 2. The maximum atomic E-state index is 13.3. The highest BCUT2D eigenvalue weighted by molar-refractivity contribution is 6.35. The van der Waals surface area contributed by atoms with Crippen LogP contribution in [0.3, 0.4) is 0 Å². The van der Waals surface area contributed by atoms with Gasteiger partial charge in [0, 0.05) is 21.3 Å². The number of carbonyl (C=O) groups excluding carboxylic acids is 2. The SMILES string of the molecule is CCc1nn2c(c1-c1ccc(F)cc1)NC(=O)C2CC(=O)Nc1cc(Cl)cc(Cl)c1. The van der Waals surface area contributed by atoms with Gasteiger partial charge in [0.05, 0.1) is 12.1 Å². The molecule has 1 aliphatic rings. The third kappa shape index (κ3) is 3.91. The lowest BCUT2D eigenvalue weighted by atomic mass is 10.0. The fourth-order valence-electron chi connectivity index (χ4n) is 3.50. The molecule has 0 aliphatic carbocycles. The first-order valence-corrected chi connectivity index (χ1v) is 10.1. The van der Waals surface area contributed by atoms with E-state index in [1.807, 2.05) is 6.92 Å². The second-order valence-electron chi connectivity index (χ2n) is 6.89. The van der Waals surface area contributed by atoms with E-state index in [1.54, 1.807) is 30.3 Å². The van der Waals surface area contributed by atoms with E-state index in [2.05, 4.69) is 15.7 Å². The Balaban J connectivity index is 1.61. The van der Waals surface area contributed by atoms with Crippen molar-refractivity contribution in [1.29, 1.82) is 0 Å². The molecular weight excluding hydrogens is 430 g/mol. The van der Waals surface area contributed by atoms with Crippen molar-refractivity contribution in [2.45, 2.75) is 25.8 Å². The van der Waals surface area contributed by atoms with Crippen LogP contribution in [0.25, 0.3) is 11.1 Å². The number of fused-ring (bicyclic) bond motifs is 1. The molecule has 2 aromatic carbocycles. The van der Waals surface area contributed by atoms with Crippen molar-refractivity contribution >= 4 is 46.5 Å². The van der Waals surface area contributed by atoms with Gasteiger partial charge in [0.1, 0.15) is 17.7 Å². The summed E-state index contributed by atoms with van der Waals surface area (Å²) >= 11 is 11.9. The fourth-order valence-corrected chi connectivity index (χ4v) is 4.02. The molecule has 9 heteroatoms. The molecule has 0 radical (unpaired) electrons. The van der Waals surface area contributed by atoms with E-state index in [-0.39, 0.29) is 24.1 Å². The molecule has 30 heavy (non-hydrogen) atoms. The molecule has 2 N–H and O–H groups in total. The van der Waals surface area contributed by atoms with Crippen molar-refractivity contribution in [2.75, 3.05) is 10.6 Å². The van der Waals surface area contributed by atoms with Gasteiger partial charge in [0.25, 0.3) is 5.91 Å². The molecule has 1 aliphatic heterocycles. The Kier molecular flexibility index (Phi) is 5.49. The maximum Gasteiger partial charge on any atom is 0.251 e. The van der Waals surface area contributed by atoms with Crippen LogP contribution in [0.5, 0.6) is 0 Å². The zero-order valence-corrected chi connectivity index (χ0v) is 17.4. The van der Waals surface area contributed by atoms with Crippen molar-refractivity contribution in [2.24, 2.45) is 0 Å². The van der Waals surface area contributed by atoms with Crippen LogP contribution in [0.4, 0.5) is 15.9 Å². The van der Waals surface area contributed by atoms with Crippen LogP contribution >= 0.6 is 23.2 Å². The molecule has 0 saturated heterocycles. The predicted molar refractivity (Wildman–Crippen MR) is 114 cm³/mol. The number of aromatic nitrogens is 2. The Morgan fingerprint density at radius 3 is 2.50 bits per heavy atom. The third-order valence-electron chi connectivity index (χ3n) is 4.82. The molecule has 2 heterocycles. The summed E-state index contributed by atoms with van der Waals surface area (Å²) < 4.78 is 14.9. The summed E-state index contributed by atoms with van der Waals surface area (Å²) in [7, 11) is 0. The van der Waals surface area contributed by atoms with Crippen molar-refractivity contribution < 1.29 is 14.0 Å². The minimum Gasteiger partial charge on any atom is -0.326 e. The Morgan fingerprint density at radius 1 is 1.20 bits per heavy atom. The highest BCUT2D eigenvalue weighted by Gasteiger charge is 2.36. The average molecular weight is 447 g/mol. The third-order valence-corrected chi connectivity index (χ3v) is 5.25. The molecule has 154 valence electrons. The van der Waals surface area contributed by atoms with Gasteiger partial charge in [-0.2, -0.15) is 5.10 Å². The van der Waals surface area contributed by atoms with Crippen LogP contribution < -0.4 is 10.6 Å². The molecule has 1 aromatic heterocycles. The zero-order valence-electron chi connectivity index (χ0n) is 15.9. The number of hydrogen-bond acceptors (Lipinski definition) is 3. The molecule has 0 saturated carbocycles. The molecule has 0 fully saturated rings. The number of aryl methyl sites for hydroxylation is 1. The molecular formula is C21H17Cl2FN4O2. The van der Waals surface area contributed by atoms with E-state index in [1.165, 1.54) is 16.8 Å². The molecule has 2 amide bonds. The van der Waals surface area contributed by atoms with E-state index in [0.717, 1.165) is 16.8 Å². The van der Waals surface area contributed by atoms with Gasteiger partial charge in [-0.3, -0.25) is 9.59 Å². The van der Waals surface area contributed by atoms with Gasteiger partial charge >= 0.3 is 0 Å². The molecule has 6 nitrogen and oxygen atoms in total. The molecule has 3 aromatic rings. The van der Waals surface area contributed by atoms with Crippen LogP contribution in [0.1, 0.15) is 25.1 Å². The first-order chi connectivity index (χ1) is 14.4. The lowest BCUT2D eigenvalue weighted by molar-refractivity contribution is -0.123. The van der Waals surface area contributed by atoms with Gasteiger partial charge in [-0.05, 0) is 42.3 Å². The lowest BCUT2D eigenvalue weighted by Crippen LogP contribution is -2.24.